The Bertz CT molecular complexity index is 921. The molecule has 1 aliphatic heterocycles. The Labute approximate surface area is 196 Å². The van der Waals surface area contributed by atoms with Crippen LogP contribution in [0.25, 0.3) is 0 Å². The standard InChI is InChI=1S/C25H32ClNO4Si/c1-24(2,3)32(17-12-8-6-9-13-17,18-14-10-7-11-15-18)31-20-16-19(23(26)27-28)21-22(20)30-25(4,5)29-21/h6-15,19-22,28H,16H2,1-5H3/b27-23-/t19-,20+,21+,22-/m0/s1. The Morgan fingerprint density at radius 2 is 1.50 bits per heavy atom. The van der Waals surface area contributed by atoms with Crippen molar-refractivity contribution < 1.29 is 19.1 Å². The second-order valence-corrected chi connectivity index (χ2v) is 14.8. The highest BCUT2D eigenvalue weighted by Crippen LogP contribution is 2.47. The number of halogens is 1. The highest BCUT2D eigenvalue weighted by molar-refractivity contribution is 6.99. The summed E-state index contributed by atoms with van der Waals surface area (Å²) in [5, 5.41) is 15.0. The van der Waals surface area contributed by atoms with Crippen molar-refractivity contribution in [2.24, 2.45) is 11.1 Å². The summed E-state index contributed by atoms with van der Waals surface area (Å²) in [6, 6.07) is 21.0. The van der Waals surface area contributed by atoms with Crippen LogP contribution in [0.5, 0.6) is 0 Å². The van der Waals surface area contributed by atoms with E-state index in [1.54, 1.807) is 0 Å². The maximum atomic E-state index is 9.38. The van der Waals surface area contributed by atoms with Crippen molar-refractivity contribution in [3.63, 3.8) is 0 Å². The first kappa shape index (κ1) is 23.5. The van der Waals surface area contributed by atoms with Gasteiger partial charge in [-0.1, -0.05) is 98.2 Å². The van der Waals surface area contributed by atoms with E-state index >= 15 is 0 Å². The van der Waals surface area contributed by atoms with Crippen molar-refractivity contribution in [3.05, 3.63) is 60.7 Å². The summed E-state index contributed by atoms with van der Waals surface area (Å²) in [6.07, 6.45) is -0.309. The summed E-state index contributed by atoms with van der Waals surface area (Å²) in [7, 11) is -2.78. The molecule has 4 atom stereocenters. The molecule has 0 spiro atoms. The first-order valence-electron chi connectivity index (χ1n) is 11.1. The number of benzene rings is 2. The summed E-state index contributed by atoms with van der Waals surface area (Å²) in [5.41, 5.74) is 0. The minimum Gasteiger partial charge on any atom is -0.410 e. The Hall–Kier alpha value is -1.70. The fraction of sp³-hybridized carbons (Fsp3) is 0.480. The van der Waals surface area contributed by atoms with Gasteiger partial charge in [0.15, 0.2) is 11.0 Å². The van der Waals surface area contributed by atoms with E-state index in [0.717, 1.165) is 0 Å². The molecule has 1 saturated carbocycles. The van der Waals surface area contributed by atoms with Crippen LogP contribution in [0, 0.1) is 5.92 Å². The molecule has 4 rings (SSSR count). The second-order valence-electron chi connectivity index (χ2n) is 10.1. The van der Waals surface area contributed by atoms with Crippen LogP contribution in [0.2, 0.25) is 5.04 Å². The molecule has 32 heavy (non-hydrogen) atoms. The molecule has 5 nitrogen and oxygen atoms in total. The lowest BCUT2D eigenvalue weighted by molar-refractivity contribution is -0.162. The summed E-state index contributed by atoms with van der Waals surface area (Å²) in [5.74, 6) is -1.04. The average Bonchev–Trinajstić information content (AvgIpc) is 3.24. The normalized spacial score (nSPS) is 28.0. The fourth-order valence-corrected chi connectivity index (χ4v) is 10.2. The maximum Gasteiger partial charge on any atom is 0.261 e. The lowest BCUT2D eigenvalue weighted by atomic mass is 10.1. The molecule has 172 valence electrons. The molecule has 1 N–H and O–H groups in total. The molecule has 2 aromatic rings. The molecule has 0 bridgehead atoms. The van der Waals surface area contributed by atoms with Gasteiger partial charge in [0.05, 0.1) is 12.2 Å². The number of nitrogens with zero attached hydrogens (tertiary/aromatic N) is 1. The van der Waals surface area contributed by atoms with Crippen LogP contribution in [0.1, 0.15) is 41.0 Å². The molecule has 0 amide bonds. The molecule has 0 aromatic heterocycles. The molecule has 2 fully saturated rings. The van der Waals surface area contributed by atoms with E-state index in [2.05, 4.69) is 74.5 Å². The third kappa shape index (κ3) is 4.03. The van der Waals surface area contributed by atoms with Crippen molar-refractivity contribution in [1.29, 1.82) is 0 Å². The van der Waals surface area contributed by atoms with Gasteiger partial charge in [-0.15, -0.1) is 0 Å². The zero-order chi connectivity index (χ0) is 23.1. The van der Waals surface area contributed by atoms with Gasteiger partial charge in [-0.05, 0) is 35.7 Å². The zero-order valence-electron chi connectivity index (χ0n) is 19.3. The van der Waals surface area contributed by atoms with Crippen LogP contribution in [-0.2, 0) is 13.9 Å². The zero-order valence-corrected chi connectivity index (χ0v) is 21.0. The molecule has 1 saturated heterocycles. The lowest BCUT2D eigenvalue weighted by Crippen LogP contribution is -2.68. The predicted molar refractivity (Wildman–Crippen MR) is 130 cm³/mol. The number of hydrogen-bond acceptors (Lipinski definition) is 5. The first-order chi connectivity index (χ1) is 15.1. The smallest absolute Gasteiger partial charge is 0.261 e. The van der Waals surface area contributed by atoms with Crippen molar-refractivity contribution in [2.75, 3.05) is 0 Å². The molecule has 1 aliphatic carbocycles. The molecule has 0 radical (unpaired) electrons. The van der Waals surface area contributed by atoms with E-state index in [0.29, 0.717) is 6.42 Å². The second kappa shape index (κ2) is 8.58. The van der Waals surface area contributed by atoms with Crippen molar-refractivity contribution in [2.45, 2.75) is 70.2 Å². The minimum atomic E-state index is -2.78. The van der Waals surface area contributed by atoms with E-state index in [1.165, 1.54) is 10.4 Å². The Morgan fingerprint density at radius 3 is 1.97 bits per heavy atom. The van der Waals surface area contributed by atoms with Gasteiger partial charge in [0.1, 0.15) is 6.10 Å². The monoisotopic (exact) mass is 473 g/mol. The Kier molecular flexibility index (Phi) is 6.29. The van der Waals surface area contributed by atoms with E-state index in [4.69, 9.17) is 25.5 Å². The van der Waals surface area contributed by atoms with E-state index in [1.807, 2.05) is 26.0 Å². The molecule has 0 unspecified atom stereocenters. The number of rotatable bonds is 5. The Morgan fingerprint density at radius 1 is 1.00 bits per heavy atom. The SMILES string of the molecule is CC1(C)O[C@@H]2[C@H](O1)[C@@H](/C(Cl)=N/O)C[C@H]2O[Si](c1ccccc1)(c1ccccc1)C(C)(C)C. The van der Waals surface area contributed by atoms with Crippen LogP contribution in [0.3, 0.4) is 0 Å². The van der Waals surface area contributed by atoms with Gasteiger partial charge < -0.3 is 19.1 Å². The van der Waals surface area contributed by atoms with Gasteiger partial charge in [0.25, 0.3) is 8.32 Å². The summed E-state index contributed by atoms with van der Waals surface area (Å²) >= 11 is 6.31. The van der Waals surface area contributed by atoms with Crippen molar-refractivity contribution in [3.8, 4) is 0 Å². The molecular weight excluding hydrogens is 442 g/mol. The first-order valence-corrected chi connectivity index (χ1v) is 13.4. The number of oxime groups is 1. The largest absolute Gasteiger partial charge is 0.410 e. The van der Waals surface area contributed by atoms with Gasteiger partial charge in [-0.2, -0.15) is 0 Å². The molecule has 1 heterocycles. The highest BCUT2D eigenvalue weighted by atomic mass is 35.5. The quantitative estimate of drug-likeness (QED) is 0.300. The van der Waals surface area contributed by atoms with Crippen LogP contribution >= 0.6 is 11.6 Å². The molecular formula is C25H32ClNO4Si. The lowest BCUT2D eigenvalue weighted by Gasteiger charge is -2.45. The topological polar surface area (TPSA) is 60.3 Å². The van der Waals surface area contributed by atoms with E-state index < -0.39 is 14.1 Å². The van der Waals surface area contributed by atoms with Gasteiger partial charge in [-0.3, -0.25) is 0 Å². The molecule has 2 aromatic carbocycles. The number of ether oxygens (including phenoxy) is 2. The average molecular weight is 474 g/mol. The van der Waals surface area contributed by atoms with Gasteiger partial charge >= 0.3 is 0 Å². The van der Waals surface area contributed by atoms with Gasteiger partial charge in [0.2, 0.25) is 0 Å². The summed E-state index contributed by atoms with van der Waals surface area (Å²) < 4.78 is 19.8. The highest BCUT2D eigenvalue weighted by Gasteiger charge is 2.60. The Balaban J connectivity index is 1.83. The van der Waals surface area contributed by atoms with Crippen LogP contribution in [-0.4, -0.2) is 42.8 Å². The van der Waals surface area contributed by atoms with Crippen LogP contribution in [0.4, 0.5) is 0 Å². The number of fused-ring (bicyclic) bond motifs is 1. The van der Waals surface area contributed by atoms with Crippen LogP contribution < -0.4 is 10.4 Å². The van der Waals surface area contributed by atoms with Gasteiger partial charge in [-0.25, -0.2) is 0 Å². The van der Waals surface area contributed by atoms with Crippen LogP contribution in [0.15, 0.2) is 65.8 Å². The van der Waals surface area contributed by atoms with E-state index in [-0.39, 0.29) is 34.4 Å². The van der Waals surface area contributed by atoms with E-state index in [9.17, 15) is 5.21 Å². The number of hydrogen-bond donors (Lipinski definition) is 1. The van der Waals surface area contributed by atoms with Crippen molar-refractivity contribution in [1.82, 2.24) is 0 Å². The third-order valence-corrected chi connectivity index (χ3v) is 12.0. The predicted octanol–water partition coefficient (Wildman–Crippen LogP) is 4.50. The summed E-state index contributed by atoms with van der Waals surface area (Å²) in [6.45, 7) is 10.5. The molecule has 7 heteroatoms. The summed E-state index contributed by atoms with van der Waals surface area (Å²) in [4.78, 5) is 0. The molecule has 2 aliphatic rings. The maximum absolute atomic E-state index is 9.38. The third-order valence-electron chi connectivity index (χ3n) is 6.56. The fourth-order valence-electron chi connectivity index (χ4n) is 5.27. The van der Waals surface area contributed by atoms with Crippen molar-refractivity contribution >= 4 is 35.5 Å². The minimum absolute atomic E-state index is 0.134. The van der Waals surface area contributed by atoms with Gasteiger partial charge in [0, 0.05) is 5.92 Å².